The van der Waals surface area contributed by atoms with Crippen LogP contribution in [0.1, 0.15) is 37.9 Å². The Labute approximate surface area is 159 Å². The number of hydrogen-bond donors (Lipinski definition) is 3. The molecule has 27 heavy (non-hydrogen) atoms. The van der Waals surface area contributed by atoms with Crippen molar-refractivity contribution >= 4 is 11.9 Å². The van der Waals surface area contributed by atoms with Crippen LogP contribution < -0.4 is 20.7 Å². The summed E-state index contributed by atoms with van der Waals surface area (Å²) < 4.78 is 5.74. The second kappa shape index (κ2) is 10.3. The molecule has 2 atom stereocenters. The molecule has 0 unspecified atom stereocenters. The fourth-order valence-electron chi connectivity index (χ4n) is 2.47. The van der Waals surface area contributed by atoms with Crippen LogP contribution in [-0.4, -0.2) is 29.5 Å². The minimum Gasteiger partial charge on any atom is -0.489 e. The Morgan fingerprint density at radius 3 is 2.52 bits per heavy atom. The second-order valence-electron chi connectivity index (χ2n) is 6.18. The number of urea groups is 1. The van der Waals surface area contributed by atoms with Crippen LogP contribution >= 0.6 is 0 Å². The molecule has 3 amide bonds. The van der Waals surface area contributed by atoms with Crippen LogP contribution in [0.15, 0.2) is 48.8 Å². The Hall–Kier alpha value is -2.93. The van der Waals surface area contributed by atoms with Crippen molar-refractivity contribution in [3.8, 4) is 5.75 Å². The normalized spacial score (nSPS) is 12.7. The van der Waals surface area contributed by atoms with E-state index in [4.69, 9.17) is 4.74 Å². The van der Waals surface area contributed by atoms with Crippen molar-refractivity contribution in [3.63, 3.8) is 0 Å². The molecule has 1 heterocycles. The van der Waals surface area contributed by atoms with Crippen molar-refractivity contribution in [2.45, 2.75) is 39.5 Å². The first-order valence-electron chi connectivity index (χ1n) is 8.96. The topological polar surface area (TPSA) is 92.4 Å². The molecule has 0 saturated heterocycles. The van der Waals surface area contributed by atoms with Gasteiger partial charge in [0.25, 0.3) is 0 Å². The van der Waals surface area contributed by atoms with Gasteiger partial charge in [-0.2, -0.15) is 0 Å². The molecule has 2 rings (SSSR count). The monoisotopic (exact) mass is 370 g/mol. The van der Waals surface area contributed by atoms with E-state index in [1.807, 2.05) is 43.3 Å². The van der Waals surface area contributed by atoms with Crippen LogP contribution in [0.3, 0.4) is 0 Å². The summed E-state index contributed by atoms with van der Waals surface area (Å²) in [5.74, 6) is 0.390. The number of nitrogens with zero attached hydrogens (tertiary/aromatic N) is 1. The minimum absolute atomic E-state index is 0.0626. The van der Waals surface area contributed by atoms with Gasteiger partial charge in [0, 0.05) is 30.5 Å². The van der Waals surface area contributed by atoms with Gasteiger partial charge in [0.1, 0.15) is 12.4 Å². The number of hydrogen-bond acceptors (Lipinski definition) is 5. The van der Waals surface area contributed by atoms with Gasteiger partial charge in [-0.05, 0) is 44.5 Å². The second-order valence-corrected chi connectivity index (χ2v) is 6.18. The molecule has 0 spiro atoms. The van der Waals surface area contributed by atoms with E-state index in [0.717, 1.165) is 16.9 Å². The third-order valence-corrected chi connectivity index (χ3v) is 3.98. The summed E-state index contributed by atoms with van der Waals surface area (Å²) in [6.45, 7) is 6.39. The highest BCUT2D eigenvalue weighted by Crippen LogP contribution is 2.19. The Kier molecular flexibility index (Phi) is 7.76. The summed E-state index contributed by atoms with van der Waals surface area (Å²) in [4.78, 5) is 27.5. The lowest BCUT2D eigenvalue weighted by Crippen LogP contribution is -2.48. The first kappa shape index (κ1) is 20.4. The highest BCUT2D eigenvalue weighted by atomic mass is 16.5. The first-order valence-corrected chi connectivity index (χ1v) is 8.96. The van der Waals surface area contributed by atoms with E-state index in [-0.39, 0.29) is 11.9 Å². The summed E-state index contributed by atoms with van der Waals surface area (Å²) in [7, 11) is 0. The third kappa shape index (κ3) is 6.71. The molecule has 2 aromatic rings. The van der Waals surface area contributed by atoms with E-state index in [1.165, 1.54) is 0 Å². The van der Waals surface area contributed by atoms with Gasteiger partial charge in [-0.25, -0.2) is 4.79 Å². The number of carbonyl (C=O) groups excluding carboxylic acids is 2. The summed E-state index contributed by atoms with van der Waals surface area (Å²) in [6, 6.07) is 10.5. The van der Waals surface area contributed by atoms with Crippen molar-refractivity contribution in [2.24, 2.45) is 0 Å². The zero-order valence-electron chi connectivity index (χ0n) is 15.9. The van der Waals surface area contributed by atoms with Gasteiger partial charge in [-0.15, -0.1) is 0 Å². The number of rotatable bonds is 8. The Morgan fingerprint density at radius 2 is 1.89 bits per heavy atom. The van der Waals surface area contributed by atoms with Crippen molar-refractivity contribution in [2.75, 3.05) is 6.54 Å². The number of ether oxygens (including phenoxy) is 1. The number of imide groups is 1. The lowest BCUT2D eigenvalue weighted by Gasteiger charge is -2.20. The van der Waals surface area contributed by atoms with E-state index in [1.54, 1.807) is 26.2 Å². The molecule has 7 heteroatoms. The SMILES string of the molecule is CCNC(=O)NC(=O)[C@H](C)N[C@H](C)c1ccc(OCc2cccnc2)cc1. The van der Waals surface area contributed by atoms with Crippen molar-refractivity contribution in [1.29, 1.82) is 0 Å². The molecule has 1 aromatic carbocycles. The van der Waals surface area contributed by atoms with E-state index in [9.17, 15) is 9.59 Å². The molecule has 0 aliphatic heterocycles. The average molecular weight is 370 g/mol. The van der Waals surface area contributed by atoms with Crippen LogP contribution in [0.2, 0.25) is 0 Å². The lowest BCUT2D eigenvalue weighted by molar-refractivity contribution is -0.121. The largest absolute Gasteiger partial charge is 0.489 e. The smallest absolute Gasteiger partial charge is 0.321 e. The van der Waals surface area contributed by atoms with Crippen LogP contribution in [0.5, 0.6) is 5.75 Å². The Morgan fingerprint density at radius 1 is 1.15 bits per heavy atom. The highest BCUT2D eigenvalue weighted by molar-refractivity contribution is 5.96. The number of benzene rings is 1. The number of nitrogens with one attached hydrogen (secondary N) is 3. The molecule has 0 aliphatic carbocycles. The number of carbonyl (C=O) groups is 2. The average Bonchev–Trinajstić information content (AvgIpc) is 2.67. The number of pyridine rings is 1. The maximum Gasteiger partial charge on any atom is 0.321 e. The van der Waals surface area contributed by atoms with E-state index in [0.29, 0.717) is 13.2 Å². The fourth-order valence-corrected chi connectivity index (χ4v) is 2.47. The van der Waals surface area contributed by atoms with E-state index in [2.05, 4.69) is 20.9 Å². The minimum atomic E-state index is -0.510. The molecule has 0 aliphatic rings. The van der Waals surface area contributed by atoms with Gasteiger partial charge in [-0.3, -0.25) is 20.4 Å². The summed E-state index contributed by atoms with van der Waals surface area (Å²) in [5.41, 5.74) is 2.02. The number of amides is 3. The van der Waals surface area contributed by atoms with Crippen LogP contribution in [0.25, 0.3) is 0 Å². The maximum atomic E-state index is 12.0. The molecule has 7 nitrogen and oxygen atoms in total. The molecule has 3 N–H and O–H groups in total. The van der Waals surface area contributed by atoms with Gasteiger partial charge in [0.05, 0.1) is 6.04 Å². The van der Waals surface area contributed by atoms with Gasteiger partial charge in [0.15, 0.2) is 0 Å². The zero-order chi connectivity index (χ0) is 19.6. The van der Waals surface area contributed by atoms with Gasteiger partial charge >= 0.3 is 6.03 Å². The third-order valence-electron chi connectivity index (χ3n) is 3.98. The molecule has 0 saturated carbocycles. The van der Waals surface area contributed by atoms with Crippen molar-refractivity contribution < 1.29 is 14.3 Å². The molecular formula is C20H26N4O3. The summed E-state index contributed by atoms with van der Waals surface area (Å²) >= 11 is 0. The van der Waals surface area contributed by atoms with Gasteiger partial charge in [0.2, 0.25) is 5.91 Å². The first-order chi connectivity index (χ1) is 13.0. The molecule has 0 bridgehead atoms. The van der Waals surface area contributed by atoms with E-state index >= 15 is 0 Å². The molecule has 0 fully saturated rings. The predicted octanol–water partition coefficient (Wildman–Crippen LogP) is 2.55. The molecule has 144 valence electrons. The maximum absolute atomic E-state index is 12.0. The van der Waals surface area contributed by atoms with Gasteiger partial charge < -0.3 is 10.1 Å². The predicted molar refractivity (Wildman–Crippen MR) is 103 cm³/mol. The zero-order valence-corrected chi connectivity index (χ0v) is 15.9. The van der Waals surface area contributed by atoms with Crippen molar-refractivity contribution in [1.82, 2.24) is 20.9 Å². The number of aromatic nitrogens is 1. The van der Waals surface area contributed by atoms with Crippen molar-refractivity contribution in [3.05, 3.63) is 59.9 Å². The quantitative estimate of drug-likeness (QED) is 0.664. The van der Waals surface area contributed by atoms with Crippen LogP contribution in [0, 0.1) is 0 Å². The standard InChI is InChI=1S/C20H26N4O3/c1-4-22-20(26)24-19(25)15(3)23-14(2)17-7-9-18(10-8-17)27-13-16-6-5-11-21-12-16/h5-12,14-15,23H,4,13H2,1-3H3,(H2,22,24,25,26)/t14-,15+/m1/s1. The lowest BCUT2D eigenvalue weighted by atomic mass is 10.1. The molecular weight excluding hydrogens is 344 g/mol. The summed E-state index contributed by atoms with van der Waals surface area (Å²) in [5, 5.41) is 8.01. The van der Waals surface area contributed by atoms with Gasteiger partial charge in [-0.1, -0.05) is 18.2 Å². The van der Waals surface area contributed by atoms with E-state index < -0.39 is 12.1 Å². The Bertz CT molecular complexity index is 735. The summed E-state index contributed by atoms with van der Waals surface area (Å²) in [6.07, 6.45) is 3.50. The molecule has 0 radical (unpaired) electrons. The fraction of sp³-hybridized carbons (Fsp3) is 0.350. The Balaban J connectivity index is 1.84. The van der Waals surface area contributed by atoms with Crippen LogP contribution in [0.4, 0.5) is 4.79 Å². The molecule has 1 aromatic heterocycles. The van der Waals surface area contributed by atoms with Crippen LogP contribution in [-0.2, 0) is 11.4 Å². The highest BCUT2D eigenvalue weighted by Gasteiger charge is 2.18.